The molecule has 1 fully saturated rings. The number of nitrogens with one attached hydrogen (secondary N) is 1. The standard InChI is InChI=1S/C19H24N2O4/c1-3-17-18(13(2)25-21-17)19(22)20-11-14-6-8-15(9-7-14)24-12-16-5-4-10-23-16/h6-9,16H,3-5,10-12H2,1-2H3,(H,20,22). The van der Waals surface area contributed by atoms with Crippen LogP contribution >= 0.6 is 0 Å². The van der Waals surface area contributed by atoms with Crippen LogP contribution in [0.25, 0.3) is 0 Å². The molecule has 1 aromatic heterocycles. The minimum Gasteiger partial charge on any atom is -0.491 e. The molecule has 1 unspecified atom stereocenters. The van der Waals surface area contributed by atoms with Crippen molar-refractivity contribution in [2.45, 2.75) is 45.8 Å². The summed E-state index contributed by atoms with van der Waals surface area (Å²) in [6.45, 7) is 5.56. The van der Waals surface area contributed by atoms with Crippen molar-refractivity contribution in [3.05, 3.63) is 46.8 Å². The zero-order chi connectivity index (χ0) is 17.6. The molecule has 1 aliphatic heterocycles. The van der Waals surface area contributed by atoms with Gasteiger partial charge in [0, 0.05) is 13.2 Å². The lowest BCUT2D eigenvalue weighted by Gasteiger charge is -2.12. The highest BCUT2D eigenvalue weighted by Crippen LogP contribution is 2.17. The fourth-order valence-corrected chi connectivity index (χ4v) is 2.89. The molecule has 2 heterocycles. The first-order chi connectivity index (χ1) is 12.2. The number of hydrogen-bond donors (Lipinski definition) is 1. The average Bonchev–Trinajstić information content (AvgIpc) is 3.28. The third-order valence-electron chi connectivity index (χ3n) is 4.33. The van der Waals surface area contributed by atoms with Crippen LogP contribution in [0.3, 0.4) is 0 Å². The molecular formula is C19H24N2O4. The predicted molar refractivity (Wildman–Crippen MR) is 92.7 cm³/mol. The number of benzene rings is 1. The van der Waals surface area contributed by atoms with Crippen molar-refractivity contribution in [1.82, 2.24) is 10.5 Å². The Morgan fingerprint density at radius 3 is 2.84 bits per heavy atom. The van der Waals surface area contributed by atoms with Crippen molar-refractivity contribution in [3.63, 3.8) is 0 Å². The number of aromatic nitrogens is 1. The van der Waals surface area contributed by atoms with Crippen molar-refractivity contribution in [2.75, 3.05) is 13.2 Å². The van der Waals surface area contributed by atoms with E-state index in [0.29, 0.717) is 36.6 Å². The van der Waals surface area contributed by atoms with Gasteiger partial charge in [0.05, 0.1) is 11.8 Å². The van der Waals surface area contributed by atoms with Crippen LogP contribution in [0.2, 0.25) is 0 Å². The average molecular weight is 344 g/mol. The van der Waals surface area contributed by atoms with E-state index in [1.54, 1.807) is 6.92 Å². The molecule has 1 amide bonds. The van der Waals surface area contributed by atoms with Crippen LogP contribution in [0.5, 0.6) is 5.75 Å². The number of carbonyl (C=O) groups excluding carboxylic acids is 1. The van der Waals surface area contributed by atoms with Gasteiger partial charge in [0.2, 0.25) is 0 Å². The molecule has 6 nitrogen and oxygen atoms in total. The molecule has 0 spiro atoms. The Morgan fingerprint density at radius 2 is 2.16 bits per heavy atom. The molecule has 1 N–H and O–H groups in total. The topological polar surface area (TPSA) is 73.6 Å². The second-order valence-corrected chi connectivity index (χ2v) is 6.19. The summed E-state index contributed by atoms with van der Waals surface area (Å²) in [6.07, 6.45) is 3.04. The first-order valence-electron chi connectivity index (χ1n) is 8.74. The number of carbonyl (C=O) groups is 1. The Morgan fingerprint density at radius 1 is 1.36 bits per heavy atom. The largest absolute Gasteiger partial charge is 0.491 e. The molecule has 25 heavy (non-hydrogen) atoms. The highest BCUT2D eigenvalue weighted by Gasteiger charge is 2.19. The normalized spacial score (nSPS) is 16.8. The molecule has 3 rings (SSSR count). The van der Waals surface area contributed by atoms with Gasteiger partial charge in [0.15, 0.2) is 0 Å². The van der Waals surface area contributed by atoms with E-state index in [0.717, 1.165) is 30.8 Å². The second-order valence-electron chi connectivity index (χ2n) is 6.19. The SMILES string of the molecule is CCc1noc(C)c1C(=O)NCc1ccc(OCC2CCCO2)cc1. The van der Waals surface area contributed by atoms with Crippen molar-refractivity contribution in [1.29, 1.82) is 0 Å². The van der Waals surface area contributed by atoms with E-state index in [9.17, 15) is 4.79 Å². The van der Waals surface area contributed by atoms with E-state index >= 15 is 0 Å². The molecule has 1 aromatic carbocycles. The lowest BCUT2D eigenvalue weighted by molar-refractivity contribution is 0.0679. The second kappa shape index (κ2) is 8.16. The van der Waals surface area contributed by atoms with Gasteiger partial charge in [-0.3, -0.25) is 4.79 Å². The minimum absolute atomic E-state index is 0.158. The van der Waals surface area contributed by atoms with E-state index in [1.165, 1.54) is 0 Å². The molecule has 1 saturated heterocycles. The van der Waals surface area contributed by atoms with E-state index in [1.807, 2.05) is 31.2 Å². The van der Waals surface area contributed by atoms with Crippen LogP contribution in [-0.4, -0.2) is 30.4 Å². The molecule has 0 saturated carbocycles. The molecule has 0 radical (unpaired) electrons. The lowest BCUT2D eigenvalue weighted by atomic mass is 10.1. The highest BCUT2D eigenvalue weighted by molar-refractivity contribution is 5.96. The third-order valence-corrected chi connectivity index (χ3v) is 4.33. The van der Waals surface area contributed by atoms with Crippen molar-refractivity contribution in [2.24, 2.45) is 0 Å². The minimum atomic E-state index is -0.158. The molecule has 1 atom stereocenters. The Balaban J connectivity index is 1.51. The molecule has 1 aliphatic rings. The Hall–Kier alpha value is -2.34. The predicted octanol–water partition coefficient (Wildman–Crippen LogP) is 3.03. The van der Waals surface area contributed by atoms with Crippen LogP contribution in [-0.2, 0) is 17.7 Å². The van der Waals surface area contributed by atoms with Gasteiger partial charge in [0.25, 0.3) is 5.91 Å². The first kappa shape index (κ1) is 17.5. The van der Waals surface area contributed by atoms with E-state index in [-0.39, 0.29) is 12.0 Å². The van der Waals surface area contributed by atoms with Gasteiger partial charge >= 0.3 is 0 Å². The maximum atomic E-state index is 12.3. The zero-order valence-corrected chi connectivity index (χ0v) is 14.7. The monoisotopic (exact) mass is 344 g/mol. The van der Waals surface area contributed by atoms with Crippen molar-refractivity contribution < 1.29 is 18.8 Å². The van der Waals surface area contributed by atoms with E-state index in [4.69, 9.17) is 14.0 Å². The van der Waals surface area contributed by atoms with Gasteiger partial charge in [-0.25, -0.2) is 0 Å². The molecule has 2 aromatic rings. The summed E-state index contributed by atoms with van der Waals surface area (Å²) in [5, 5.41) is 6.83. The maximum absolute atomic E-state index is 12.3. The Bertz CT molecular complexity index is 703. The van der Waals surface area contributed by atoms with Crippen LogP contribution < -0.4 is 10.1 Å². The third kappa shape index (κ3) is 4.39. The fraction of sp³-hybridized carbons (Fsp3) is 0.474. The van der Waals surface area contributed by atoms with Gasteiger partial charge < -0.3 is 19.3 Å². The number of hydrogen-bond acceptors (Lipinski definition) is 5. The van der Waals surface area contributed by atoms with Crippen LogP contribution in [0, 0.1) is 6.92 Å². The summed E-state index contributed by atoms with van der Waals surface area (Å²) in [6, 6.07) is 7.73. The van der Waals surface area contributed by atoms with E-state index in [2.05, 4.69) is 10.5 Å². The van der Waals surface area contributed by atoms with Crippen molar-refractivity contribution in [3.8, 4) is 5.75 Å². The summed E-state index contributed by atoms with van der Waals surface area (Å²) in [5.74, 6) is 1.20. The quantitative estimate of drug-likeness (QED) is 0.836. The number of rotatable bonds is 7. The summed E-state index contributed by atoms with van der Waals surface area (Å²) < 4.78 is 16.4. The lowest BCUT2D eigenvalue weighted by Crippen LogP contribution is -2.24. The zero-order valence-electron chi connectivity index (χ0n) is 14.7. The van der Waals surface area contributed by atoms with Gasteiger partial charge in [0.1, 0.15) is 23.7 Å². The molecule has 0 aliphatic carbocycles. The highest BCUT2D eigenvalue weighted by atomic mass is 16.5. The van der Waals surface area contributed by atoms with Crippen LogP contribution in [0.4, 0.5) is 0 Å². The van der Waals surface area contributed by atoms with Crippen LogP contribution in [0.1, 0.15) is 47.1 Å². The smallest absolute Gasteiger partial charge is 0.257 e. The Kier molecular flexibility index (Phi) is 5.71. The van der Waals surface area contributed by atoms with Gasteiger partial charge in [-0.15, -0.1) is 0 Å². The van der Waals surface area contributed by atoms with Crippen LogP contribution in [0.15, 0.2) is 28.8 Å². The van der Waals surface area contributed by atoms with E-state index < -0.39 is 0 Å². The summed E-state index contributed by atoms with van der Waals surface area (Å²) in [4.78, 5) is 12.3. The number of nitrogens with zero attached hydrogens (tertiary/aromatic N) is 1. The van der Waals surface area contributed by atoms with Gasteiger partial charge in [-0.05, 0) is 43.9 Å². The van der Waals surface area contributed by atoms with Gasteiger partial charge in [-0.1, -0.05) is 24.2 Å². The molecule has 6 heteroatoms. The number of aryl methyl sites for hydroxylation is 2. The van der Waals surface area contributed by atoms with Crippen molar-refractivity contribution >= 4 is 5.91 Å². The fourth-order valence-electron chi connectivity index (χ4n) is 2.89. The number of amides is 1. The first-order valence-corrected chi connectivity index (χ1v) is 8.74. The Labute approximate surface area is 147 Å². The molecular weight excluding hydrogens is 320 g/mol. The molecule has 0 bridgehead atoms. The maximum Gasteiger partial charge on any atom is 0.257 e. The molecule has 134 valence electrons. The van der Waals surface area contributed by atoms with Gasteiger partial charge in [-0.2, -0.15) is 0 Å². The summed E-state index contributed by atoms with van der Waals surface area (Å²) in [5.41, 5.74) is 2.23. The summed E-state index contributed by atoms with van der Waals surface area (Å²) >= 11 is 0. The number of ether oxygens (including phenoxy) is 2. The summed E-state index contributed by atoms with van der Waals surface area (Å²) in [7, 11) is 0.